The lowest BCUT2D eigenvalue weighted by Gasteiger charge is -2.37. The maximum Gasteiger partial charge on any atom is 0.271 e. The zero-order valence-electron chi connectivity index (χ0n) is 19.4. The maximum atomic E-state index is 13.6. The van der Waals surface area contributed by atoms with Crippen LogP contribution in [0.25, 0.3) is 10.9 Å². The fraction of sp³-hybridized carbons (Fsp3) is 0.500. The highest BCUT2D eigenvalue weighted by molar-refractivity contribution is 6.02. The number of carbonyl (C=O) groups is 3. The second-order valence-electron chi connectivity index (χ2n) is 9.85. The Hall–Kier alpha value is -3.47. The molecule has 8 nitrogen and oxygen atoms in total. The van der Waals surface area contributed by atoms with Crippen LogP contribution in [0.3, 0.4) is 0 Å². The van der Waals surface area contributed by atoms with Crippen LogP contribution in [0.4, 0.5) is 0 Å². The topological polar surface area (TPSA) is 104 Å². The lowest BCUT2D eigenvalue weighted by atomic mass is 9.67. The van der Waals surface area contributed by atoms with E-state index in [0.717, 1.165) is 30.2 Å². The summed E-state index contributed by atoms with van der Waals surface area (Å²) in [5.74, 6) is 2.66. The molecule has 5 rings (SSSR count). The molecule has 3 fully saturated rings. The summed E-state index contributed by atoms with van der Waals surface area (Å²) in [5, 5.41) is 6.58. The molecule has 2 aromatic rings. The van der Waals surface area contributed by atoms with Gasteiger partial charge in [-0.2, -0.15) is 0 Å². The van der Waals surface area contributed by atoms with Crippen LogP contribution in [0.2, 0.25) is 0 Å². The lowest BCUT2D eigenvalue weighted by Crippen LogP contribution is -2.49. The summed E-state index contributed by atoms with van der Waals surface area (Å²) in [5.41, 5.74) is 1.24. The molecule has 2 aliphatic heterocycles. The third-order valence-corrected chi connectivity index (χ3v) is 7.76. The Balaban J connectivity index is 1.36. The molecule has 1 spiro atoms. The molecule has 1 aromatic heterocycles. The number of amides is 3. The van der Waals surface area contributed by atoms with Crippen LogP contribution in [0.5, 0.6) is 5.75 Å². The molecule has 0 bridgehead atoms. The fourth-order valence-electron chi connectivity index (χ4n) is 5.71. The number of aromatic nitrogens is 1. The van der Waals surface area contributed by atoms with Gasteiger partial charge in [0, 0.05) is 29.9 Å². The van der Waals surface area contributed by atoms with Crippen molar-refractivity contribution in [1.29, 1.82) is 0 Å². The first-order valence-corrected chi connectivity index (χ1v) is 11.9. The van der Waals surface area contributed by atoms with E-state index in [1.54, 1.807) is 18.1 Å². The molecule has 3 heterocycles. The quantitative estimate of drug-likeness (QED) is 0.573. The van der Waals surface area contributed by atoms with Gasteiger partial charge in [-0.1, -0.05) is 18.4 Å². The maximum absolute atomic E-state index is 13.6. The van der Waals surface area contributed by atoms with E-state index in [-0.39, 0.29) is 29.1 Å². The van der Waals surface area contributed by atoms with Crippen molar-refractivity contribution >= 4 is 28.6 Å². The van der Waals surface area contributed by atoms with Gasteiger partial charge < -0.3 is 25.3 Å². The van der Waals surface area contributed by atoms with E-state index in [0.29, 0.717) is 43.8 Å². The number of carbonyl (C=O) groups excluding carboxylic acids is 3. The number of fused-ring (bicyclic) bond motifs is 1. The van der Waals surface area contributed by atoms with Gasteiger partial charge in [-0.25, -0.2) is 0 Å². The van der Waals surface area contributed by atoms with Crippen molar-refractivity contribution < 1.29 is 19.1 Å². The number of benzene rings is 1. The molecule has 8 heteroatoms. The van der Waals surface area contributed by atoms with Crippen LogP contribution in [0, 0.1) is 23.7 Å². The minimum atomic E-state index is -0.589. The van der Waals surface area contributed by atoms with Gasteiger partial charge in [-0.05, 0) is 55.7 Å². The van der Waals surface area contributed by atoms with Crippen LogP contribution in [-0.2, 0) is 9.59 Å². The summed E-state index contributed by atoms with van der Waals surface area (Å²) < 4.78 is 5.43. The van der Waals surface area contributed by atoms with Gasteiger partial charge in [0.05, 0.1) is 13.2 Å². The largest absolute Gasteiger partial charge is 0.496 e. The first-order chi connectivity index (χ1) is 16.4. The lowest BCUT2D eigenvalue weighted by molar-refractivity contribution is -0.126. The van der Waals surface area contributed by atoms with Crippen LogP contribution in [0.1, 0.15) is 49.0 Å². The molecule has 3 amide bonds. The zero-order chi connectivity index (χ0) is 23.9. The number of aromatic amines is 1. The highest BCUT2D eigenvalue weighted by Gasteiger charge is 2.52. The second-order valence-corrected chi connectivity index (χ2v) is 9.85. The second kappa shape index (κ2) is 8.71. The van der Waals surface area contributed by atoms with Gasteiger partial charge >= 0.3 is 0 Å². The summed E-state index contributed by atoms with van der Waals surface area (Å²) in [6.07, 6.45) is 10.6. The van der Waals surface area contributed by atoms with E-state index in [9.17, 15) is 14.4 Å². The Morgan fingerprint density at radius 1 is 1.38 bits per heavy atom. The van der Waals surface area contributed by atoms with E-state index in [1.165, 1.54) is 0 Å². The van der Waals surface area contributed by atoms with Gasteiger partial charge in [0.2, 0.25) is 11.8 Å². The minimum absolute atomic E-state index is 0.00164. The molecule has 3 aliphatic rings. The first kappa shape index (κ1) is 22.3. The van der Waals surface area contributed by atoms with E-state index < -0.39 is 12.1 Å². The van der Waals surface area contributed by atoms with Crippen LogP contribution in [0.15, 0.2) is 24.3 Å². The number of rotatable bonds is 6. The molecule has 3 atom stereocenters. The van der Waals surface area contributed by atoms with Gasteiger partial charge in [-0.3, -0.25) is 14.4 Å². The number of ether oxygens (including phenoxy) is 1. The third kappa shape index (κ3) is 3.89. The number of hydrogen-bond donors (Lipinski definition) is 3. The van der Waals surface area contributed by atoms with E-state index in [1.807, 2.05) is 18.2 Å². The summed E-state index contributed by atoms with van der Waals surface area (Å²) in [6.45, 7) is 1.19. The molecule has 1 saturated carbocycles. The van der Waals surface area contributed by atoms with E-state index in [4.69, 9.17) is 11.2 Å². The summed E-state index contributed by atoms with van der Waals surface area (Å²) in [4.78, 5) is 43.9. The number of terminal acetylenes is 1. The highest BCUT2D eigenvalue weighted by atomic mass is 16.5. The number of likely N-dealkylation sites (tertiary alicyclic amines) is 1. The molecule has 3 N–H and O–H groups in total. The molecule has 34 heavy (non-hydrogen) atoms. The monoisotopic (exact) mass is 462 g/mol. The number of nitrogens with zero attached hydrogens (tertiary/aromatic N) is 1. The third-order valence-electron chi connectivity index (χ3n) is 7.76. The van der Waals surface area contributed by atoms with E-state index in [2.05, 4.69) is 21.5 Å². The average molecular weight is 463 g/mol. The van der Waals surface area contributed by atoms with Crippen molar-refractivity contribution in [3.8, 4) is 18.1 Å². The molecule has 2 saturated heterocycles. The van der Waals surface area contributed by atoms with Crippen molar-refractivity contribution in [3.05, 3.63) is 30.0 Å². The van der Waals surface area contributed by atoms with Crippen molar-refractivity contribution in [2.24, 2.45) is 11.3 Å². The summed E-state index contributed by atoms with van der Waals surface area (Å²) in [6, 6.07) is 6.27. The van der Waals surface area contributed by atoms with Crippen molar-refractivity contribution in [3.63, 3.8) is 0 Å². The van der Waals surface area contributed by atoms with Crippen molar-refractivity contribution in [2.45, 2.75) is 50.6 Å². The van der Waals surface area contributed by atoms with Gasteiger partial charge in [-0.15, -0.1) is 6.42 Å². The Kier molecular flexibility index (Phi) is 5.72. The van der Waals surface area contributed by atoms with Gasteiger partial charge in [0.15, 0.2) is 0 Å². The number of hydrogen-bond acceptors (Lipinski definition) is 4. The smallest absolute Gasteiger partial charge is 0.271 e. The van der Waals surface area contributed by atoms with Crippen LogP contribution >= 0.6 is 0 Å². The van der Waals surface area contributed by atoms with E-state index >= 15 is 0 Å². The zero-order valence-corrected chi connectivity index (χ0v) is 19.4. The molecule has 178 valence electrons. The summed E-state index contributed by atoms with van der Waals surface area (Å²) in [7, 11) is 1.60. The highest BCUT2D eigenvalue weighted by Crippen LogP contribution is 2.50. The molecule has 1 aromatic carbocycles. The van der Waals surface area contributed by atoms with Gasteiger partial charge in [0.1, 0.15) is 17.5 Å². The molecular weight excluding hydrogens is 432 g/mol. The fourth-order valence-corrected chi connectivity index (χ4v) is 5.71. The number of H-pyrrole nitrogens is 1. The predicted molar refractivity (Wildman–Crippen MR) is 127 cm³/mol. The minimum Gasteiger partial charge on any atom is -0.496 e. The normalized spacial score (nSPS) is 23.9. The number of nitrogens with one attached hydrogen (secondary N) is 3. The summed E-state index contributed by atoms with van der Waals surface area (Å²) >= 11 is 0. The van der Waals surface area contributed by atoms with Crippen molar-refractivity contribution in [1.82, 2.24) is 20.5 Å². The average Bonchev–Trinajstić information content (AvgIpc) is 3.54. The molecule has 1 aliphatic carbocycles. The van der Waals surface area contributed by atoms with Crippen molar-refractivity contribution in [2.75, 3.05) is 20.2 Å². The predicted octanol–water partition coefficient (Wildman–Crippen LogP) is 2.21. The number of methoxy groups -OCH3 is 1. The molecular formula is C26H30N4O4. The Bertz CT molecular complexity index is 1180. The SMILES string of the molecule is C#C[C@H](C[C@@H]1CCNC1=O)NC(=O)[C@@H]1CC2(CCC2)CN1C(=O)c1cc2c(OC)cccc2[nH]1. The molecule has 0 radical (unpaired) electrons. The van der Waals surface area contributed by atoms with Crippen LogP contribution < -0.4 is 15.4 Å². The Labute approximate surface area is 198 Å². The van der Waals surface area contributed by atoms with Crippen LogP contribution in [-0.4, -0.2) is 59.9 Å². The molecule has 0 unspecified atom stereocenters. The Morgan fingerprint density at radius 2 is 2.21 bits per heavy atom. The van der Waals surface area contributed by atoms with Gasteiger partial charge in [0.25, 0.3) is 5.91 Å². The Morgan fingerprint density at radius 3 is 2.85 bits per heavy atom. The first-order valence-electron chi connectivity index (χ1n) is 11.9. The standard InChI is InChI=1S/C26H30N4O4/c1-3-17(12-16-8-11-27-23(16)31)28-24(32)21-14-26(9-5-10-26)15-30(21)25(33)20-13-18-19(29-20)6-4-7-22(18)34-2/h1,4,6-7,13,16-17,21,29H,5,8-12,14-15H2,2H3,(H,27,31)(H,28,32)/t16-,17+,21-/m0/s1.